The van der Waals surface area contributed by atoms with Crippen molar-refractivity contribution in [3.63, 3.8) is 0 Å². The molecule has 0 unspecified atom stereocenters. The SMILES string of the molecule is O=C(COc1ccccc1/C=C1\SC(=S)N(c2cccc(Cl)c2)C1=O)Nc1ccccc1. The zero-order valence-electron chi connectivity index (χ0n) is 16.7. The topological polar surface area (TPSA) is 58.6 Å². The van der Waals surface area contributed by atoms with Crippen molar-refractivity contribution in [1.29, 1.82) is 0 Å². The van der Waals surface area contributed by atoms with Crippen molar-refractivity contribution in [3.8, 4) is 5.75 Å². The maximum absolute atomic E-state index is 13.0. The molecule has 3 aromatic carbocycles. The quantitative estimate of drug-likeness (QED) is 0.359. The largest absolute Gasteiger partial charge is 0.483 e. The highest BCUT2D eigenvalue weighted by molar-refractivity contribution is 8.27. The number of thiocarbonyl (C=S) groups is 1. The van der Waals surface area contributed by atoms with E-state index in [2.05, 4.69) is 5.32 Å². The summed E-state index contributed by atoms with van der Waals surface area (Å²) in [7, 11) is 0. The van der Waals surface area contributed by atoms with Gasteiger partial charge in [-0.2, -0.15) is 0 Å². The van der Waals surface area contributed by atoms with Gasteiger partial charge < -0.3 is 10.1 Å². The molecule has 1 fully saturated rings. The van der Waals surface area contributed by atoms with Crippen molar-refractivity contribution < 1.29 is 14.3 Å². The number of benzene rings is 3. The Kier molecular flexibility index (Phi) is 6.90. The van der Waals surface area contributed by atoms with Crippen molar-refractivity contribution in [2.24, 2.45) is 0 Å². The number of amides is 2. The first-order chi connectivity index (χ1) is 15.5. The van der Waals surface area contributed by atoms with Crippen LogP contribution in [0.25, 0.3) is 6.08 Å². The summed E-state index contributed by atoms with van der Waals surface area (Å²) in [6, 6.07) is 23.3. The summed E-state index contributed by atoms with van der Waals surface area (Å²) in [6.45, 7) is -0.163. The molecule has 2 amide bonds. The van der Waals surface area contributed by atoms with Gasteiger partial charge in [-0.3, -0.25) is 14.5 Å². The Balaban J connectivity index is 1.49. The number of thioether (sulfide) groups is 1. The number of anilines is 2. The number of hydrogen-bond acceptors (Lipinski definition) is 5. The molecular formula is C24H17ClN2O3S2. The van der Waals surface area contributed by atoms with E-state index in [1.165, 1.54) is 16.7 Å². The minimum atomic E-state index is -0.279. The molecule has 1 heterocycles. The smallest absolute Gasteiger partial charge is 0.270 e. The van der Waals surface area contributed by atoms with Crippen LogP contribution >= 0.6 is 35.6 Å². The highest BCUT2D eigenvalue weighted by atomic mass is 35.5. The van der Waals surface area contributed by atoms with Gasteiger partial charge in [0.05, 0.1) is 10.6 Å². The molecule has 5 nitrogen and oxygen atoms in total. The van der Waals surface area contributed by atoms with Gasteiger partial charge in [-0.05, 0) is 42.5 Å². The van der Waals surface area contributed by atoms with E-state index in [1.807, 2.05) is 30.3 Å². The molecule has 8 heteroatoms. The first-order valence-electron chi connectivity index (χ1n) is 9.61. The molecule has 1 aliphatic rings. The lowest BCUT2D eigenvalue weighted by atomic mass is 10.2. The van der Waals surface area contributed by atoms with E-state index >= 15 is 0 Å². The summed E-state index contributed by atoms with van der Waals surface area (Å²) >= 11 is 12.7. The minimum absolute atomic E-state index is 0.163. The Morgan fingerprint density at radius 2 is 1.81 bits per heavy atom. The Bertz CT molecular complexity index is 1210. The average Bonchev–Trinajstić information content (AvgIpc) is 3.06. The molecule has 160 valence electrons. The standard InChI is InChI=1S/C24H17ClN2O3S2/c25-17-8-6-11-19(14-17)27-23(29)21(32-24(27)31)13-16-7-4-5-12-20(16)30-15-22(28)26-18-9-2-1-3-10-18/h1-14H,15H2,(H,26,28)/b21-13-. The molecule has 0 atom stereocenters. The Morgan fingerprint density at radius 3 is 2.59 bits per heavy atom. The van der Waals surface area contributed by atoms with Gasteiger partial charge in [-0.1, -0.05) is 78.0 Å². The fourth-order valence-electron chi connectivity index (χ4n) is 3.04. The van der Waals surface area contributed by atoms with Crippen LogP contribution in [0, 0.1) is 0 Å². The number of nitrogens with zero attached hydrogens (tertiary/aromatic N) is 1. The average molecular weight is 481 g/mol. The number of carbonyl (C=O) groups excluding carboxylic acids is 2. The molecule has 1 N–H and O–H groups in total. The van der Waals surface area contributed by atoms with Gasteiger partial charge >= 0.3 is 0 Å². The second-order valence-corrected chi connectivity index (χ2v) is 8.85. The van der Waals surface area contributed by atoms with Crippen molar-refractivity contribution in [1.82, 2.24) is 0 Å². The van der Waals surface area contributed by atoms with Crippen molar-refractivity contribution in [2.75, 3.05) is 16.8 Å². The summed E-state index contributed by atoms with van der Waals surface area (Å²) < 4.78 is 6.15. The van der Waals surface area contributed by atoms with Gasteiger partial charge in [0.2, 0.25) is 0 Å². The molecule has 4 rings (SSSR count). The number of nitrogens with one attached hydrogen (secondary N) is 1. The third-order valence-electron chi connectivity index (χ3n) is 4.48. The second-order valence-electron chi connectivity index (χ2n) is 6.74. The van der Waals surface area contributed by atoms with Crippen molar-refractivity contribution >= 4 is 69.2 Å². The van der Waals surface area contributed by atoms with Gasteiger partial charge in [0.15, 0.2) is 10.9 Å². The first kappa shape index (κ1) is 22.1. The van der Waals surface area contributed by atoms with E-state index in [0.29, 0.717) is 36.9 Å². The highest BCUT2D eigenvalue weighted by Gasteiger charge is 2.33. The van der Waals surface area contributed by atoms with Crippen LogP contribution in [0.2, 0.25) is 5.02 Å². The fourth-order valence-corrected chi connectivity index (χ4v) is 4.51. The Morgan fingerprint density at radius 1 is 1.06 bits per heavy atom. The number of ether oxygens (including phenoxy) is 1. The van der Waals surface area contributed by atoms with Crippen molar-refractivity contribution in [3.05, 3.63) is 94.4 Å². The zero-order chi connectivity index (χ0) is 22.5. The summed E-state index contributed by atoms with van der Waals surface area (Å²) in [5.41, 5.74) is 1.98. The van der Waals surface area contributed by atoms with Gasteiger partial charge in [-0.15, -0.1) is 0 Å². The molecule has 3 aromatic rings. The van der Waals surface area contributed by atoms with Crippen molar-refractivity contribution in [2.45, 2.75) is 0 Å². The summed E-state index contributed by atoms with van der Waals surface area (Å²) in [5.74, 6) is -0.0269. The lowest BCUT2D eigenvalue weighted by molar-refractivity contribution is -0.118. The maximum Gasteiger partial charge on any atom is 0.270 e. The number of halogens is 1. The number of rotatable bonds is 6. The van der Waals surface area contributed by atoms with Crippen LogP contribution in [0.5, 0.6) is 5.75 Å². The zero-order valence-corrected chi connectivity index (χ0v) is 19.0. The molecule has 1 aliphatic heterocycles. The van der Waals surface area contributed by atoms with Gasteiger partial charge in [0.25, 0.3) is 11.8 Å². The second kappa shape index (κ2) is 9.99. The molecule has 0 radical (unpaired) electrons. The summed E-state index contributed by atoms with van der Waals surface area (Å²) in [6.07, 6.45) is 1.72. The normalized spacial score (nSPS) is 14.7. The van der Waals surface area contributed by atoms with Gasteiger partial charge in [0, 0.05) is 16.3 Å². The fraction of sp³-hybridized carbons (Fsp3) is 0.0417. The van der Waals surface area contributed by atoms with E-state index in [0.717, 1.165) is 0 Å². The number of carbonyl (C=O) groups is 2. The van der Waals surface area contributed by atoms with Crippen LogP contribution in [0.3, 0.4) is 0 Å². The molecule has 1 saturated heterocycles. The highest BCUT2D eigenvalue weighted by Crippen LogP contribution is 2.37. The summed E-state index contributed by atoms with van der Waals surface area (Å²) in [5, 5.41) is 3.30. The lowest BCUT2D eigenvalue weighted by Gasteiger charge is -2.14. The van der Waals surface area contributed by atoms with Crippen LogP contribution in [-0.2, 0) is 9.59 Å². The molecule has 0 spiro atoms. The maximum atomic E-state index is 13.0. The van der Waals surface area contributed by atoms with E-state index in [4.69, 9.17) is 28.6 Å². The van der Waals surface area contributed by atoms with Crippen LogP contribution in [0.4, 0.5) is 11.4 Å². The van der Waals surface area contributed by atoms with Crippen LogP contribution < -0.4 is 15.0 Å². The van der Waals surface area contributed by atoms with E-state index in [-0.39, 0.29) is 18.4 Å². The molecule has 32 heavy (non-hydrogen) atoms. The van der Waals surface area contributed by atoms with E-state index in [1.54, 1.807) is 54.6 Å². The van der Waals surface area contributed by atoms with E-state index < -0.39 is 0 Å². The Labute approximate surface area is 200 Å². The molecular weight excluding hydrogens is 464 g/mol. The third-order valence-corrected chi connectivity index (χ3v) is 6.02. The lowest BCUT2D eigenvalue weighted by Crippen LogP contribution is -2.27. The molecule has 0 aromatic heterocycles. The van der Waals surface area contributed by atoms with Gasteiger partial charge in [0.1, 0.15) is 5.75 Å². The van der Waals surface area contributed by atoms with Gasteiger partial charge in [-0.25, -0.2) is 0 Å². The number of para-hydroxylation sites is 2. The monoisotopic (exact) mass is 480 g/mol. The van der Waals surface area contributed by atoms with Crippen LogP contribution in [0.1, 0.15) is 5.56 Å². The van der Waals surface area contributed by atoms with Crippen LogP contribution in [-0.4, -0.2) is 22.7 Å². The predicted molar refractivity (Wildman–Crippen MR) is 134 cm³/mol. The molecule has 0 saturated carbocycles. The molecule has 0 aliphatic carbocycles. The first-order valence-corrected chi connectivity index (χ1v) is 11.2. The Hall–Kier alpha value is -3.13. The van der Waals surface area contributed by atoms with E-state index in [9.17, 15) is 9.59 Å². The minimum Gasteiger partial charge on any atom is -0.483 e. The van der Waals surface area contributed by atoms with Crippen LogP contribution in [0.15, 0.2) is 83.8 Å². The number of hydrogen-bond donors (Lipinski definition) is 1. The predicted octanol–water partition coefficient (Wildman–Crippen LogP) is 5.76. The summed E-state index contributed by atoms with van der Waals surface area (Å²) in [4.78, 5) is 27.1. The third kappa shape index (κ3) is 5.19. The molecule has 0 bridgehead atoms.